The number of carbonyl (C=O) groups is 1. The van der Waals surface area contributed by atoms with Crippen LogP contribution in [0.1, 0.15) is 38.3 Å². The SMILES string of the molecule is CCCC(c1ccc(Cl)cc1)N1CCN(C(=O)NCC)CC1. The van der Waals surface area contributed by atoms with Gasteiger partial charge in [-0.3, -0.25) is 4.90 Å². The Kier molecular flexibility index (Phi) is 6.52. The molecular formula is C17H26ClN3O. The first-order valence-electron chi connectivity index (χ1n) is 8.18. The fourth-order valence-corrected chi connectivity index (χ4v) is 3.14. The molecule has 2 rings (SSSR count). The van der Waals surface area contributed by atoms with Crippen molar-refractivity contribution in [2.24, 2.45) is 0 Å². The molecule has 0 aliphatic carbocycles. The van der Waals surface area contributed by atoms with Gasteiger partial charge in [-0.05, 0) is 31.0 Å². The van der Waals surface area contributed by atoms with E-state index in [0.29, 0.717) is 12.6 Å². The zero-order chi connectivity index (χ0) is 15.9. The molecule has 1 N–H and O–H groups in total. The van der Waals surface area contributed by atoms with Gasteiger partial charge in [-0.25, -0.2) is 4.79 Å². The molecule has 4 nitrogen and oxygen atoms in total. The van der Waals surface area contributed by atoms with E-state index >= 15 is 0 Å². The standard InChI is InChI=1S/C17H26ClN3O/c1-3-5-16(14-6-8-15(18)9-7-14)20-10-12-21(13-11-20)17(22)19-4-2/h6-9,16H,3-5,10-13H2,1-2H3,(H,19,22). The van der Waals surface area contributed by atoms with Crippen molar-refractivity contribution in [3.05, 3.63) is 34.9 Å². The van der Waals surface area contributed by atoms with E-state index < -0.39 is 0 Å². The third-order valence-electron chi connectivity index (χ3n) is 4.19. The summed E-state index contributed by atoms with van der Waals surface area (Å²) in [6.45, 7) is 8.27. The third-order valence-corrected chi connectivity index (χ3v) is 4.44. The first kappa shape index (κ1) is 17.1. The topological polar surface area (TPSA) is 35.6 Å². The summed E-state index contributed by atoms with van der Waals surface area (Å²) in [7, 11) is 0. The highest BCUT2D eigenvalue weighted by molar-refractivity contribution is 6.30. The number of carbonyl (C=O) groups excluding carboxylic acids is 1. The van der Waals surface area contributed by atoms with E-state index in [1.165, 1.54) is 5.56 Å². The Balaban J connectivity index is 1.99. The summed E-state index contributed by atoms with van der Waals surface area (Å²) in [5.41, 5.74) is 1.32. The lowest BCUT2D eigenvalue weighted by Gasteiger charge is -2.39. The summed E-state index contributed by atoms with van der Waals surface area (Å²) in [5.74, 6) is 0. The molecule has 122 valence electrons. The van der Waals surface area contributed by atoms with Gasteiger partial charge in [-0.1, -0.05) is 37.1 Å². The van der Waals surface area contributed by atoms with E-state index in [2.05, 4.69) is 29.3 Å². The molecule has 1 fully saturated rings. The van der Waals surface area contributed by atoms with E-state index in [4.69, 9.17) is 11.6 Å². The van der Waals surface area contributed by atoms with Crippen molar-refractivity contribution in [1.29, 1.82) is 0 Å². The first-order valence-corrected chi connectivity index (χ1v) is 8.55. The van der Waals surface area contributed by atoms with Crippen molar-refractivity contribution < 1.29 is 4.79 Å². The van der Waals surface area contributed by atoms with Crippen LogP contribution in [0, 0.1) is 0 Å². The number of hydrogen-bond donors (Lipinski definition) is 1. The second kappa shape index (κ2) is 8.39. The summed E-state index contributed by atoms with van der Waals surface area (Å²) in [6.07, 6.45) is 2.27. The van der Waals surface area contributed by atoms with Crippen molar-refractivity contribution in [2.75, 3.05) is 32.7 Å². The second-order valence-electron chi connectivity index (χ2n) is 5.71. The molecule has 1 aliphatic rings. The van der Waals surface area contributed by atoms with Crippen LogP contribution < -0.4 is 5.32 Å². The van der Waals surface area contributed by atoms with Gasteiger partial charge in [0.25, 0.3) is 0 Å². The number of halogens is 1. The van der Waals surface area contributed by atoms with Crippen molar-refractivity contribution in [3.63, 3.8) is 0 Å². The lowest BCUT2D eigenvalue weighted by Crippen LogP contribution is -2.52. The molecule has 1 aromatic carbocycles. The molecule has 0 saturated carbocycles. The third kappa shape index (κ3) is 4.37. The van der Waals surface area contributed by atoms with Crippen LogP contribution in [0.4, 0.5) is 4.79 Å². The molecule has 0 aromatic heterocycles. The van der Waals surface area contributed by atoms with Crippen molar-refractivity contribution >= 4 is 17.6 Å². The highest BCUT2D eigenvalue weighted by Gasteiger charge is 2.26. The van der Waals surface area contributed by atoms with E-state index in [1.807, 2.05) is 24.0 Å². The van der Waals surface area contributed by atoms with Gasteiger partial charge in [0, 0.05) is 43.8 Å². The minimum atomic E-state index is 0.0562. The predicted octanol–water partition coefficient (Wildman–Crippen LogP) is 3.53. The summed E-state index contributed by atoms with van der Waals surface area (Å²) < 4.78 is 0. The summed E-state index contributed by atoms with van der Waals surface area (Å²) >= 11 is 6.00. The Morgan fingerprint density at radius 3 is 2.36 bits per heavy atom. The lowest BCUT2D eigenvalue weighted by molar-refractivity contribution is 0.104. The van der Waals surface area contributed by atoms with Gasteiger partial charge in [0.05, 0.1) is 0 Å². The molecule has 5 heteroatoms. The maximum absolute atomic E-state index is 11.9. The van der Waals surface area contributed by atoms with Gasteiger partial charge in [-0.2, -0.15) is 0 Å². The van der Waals surface area contributed by atoms with Gasteiger partial charge in [-0.15, -0.1) is 0 Å². The highest BCUT2D eigenvalue weighted by atomic mass is 35.5. The van der Waals surface area contributed by atoms with Gasteiger partial charge in [0.1, 0.15) is 0 Å². The molecule has 1 unspecified atom stereocenters. The van der Waals surface area contributed by atoms with Crippen LogP contribution in [-0.2, 0) is 0 Å². The number of nitrogens with zero attached hydrogens (tertiary/aromatic N) is 2. The average Bonchev–Trinajstić information content (AvgIpc) is 2.54. The van der Waals surface area contributed by atoms with Crippen molar-refractivity contribution in [2.45, 2.75) is 32.7 Å². The van der Waals surface area contributed by atoms with Gasteiger partial charge >= 0.3 is 6.03 Å². The van der Waals surface area contributed by atoms with Crippen LogP contribution in [0.15, 0.2) is 24.3 Å². The smallest absolute Gasteiger partial charge is 0.317 e. The fourth-order valence-electron chi connectivity index (χ4n) is 3.02. The zero-order valence-corrected chi connectivity index (χ0v) is 14.3. The number of piperazine rings is 1. The summed E-state index contributed by atoms with van der Waals surface area (Å²) in [6, 6.07) is 8.64. The monoisotopic (exact) mass is 323 g/mol. The van der Waals surface area contributed by atoms with Crippen LogP contribution in [0.5, 0.6) is 0 Å². The van der Waals surface area contributed by atoms with Crippen molar-refractivity contribution in [1.82, 2.24) is 15.1 Å². The van der Waals surface area contributed by atoms with Gasteiger partial charge < -0.3 is 10.2 Å². The Morgan fingerprint density at radius 1 is 1.18 bits per heavy atom. The normalized spacial score (nSPS) is 17.3. The molecule has 1 heterocycles. The van der Waals surface area contributed by atoms with E-state index in [1.54, 1.807) is 0 Å². The van der Waals surface area contributed by atoms with E-state index in [9.17, 15) is 4.79 Å². The van der Waals surface area contributed by atoms with Crippen LogP contribution >= 0.6 is 11.6 Å². The molecule has 0 radical (unpaired) electrons. The van der Waals surface area contributed by atoms with Gasteiger partial charge in [0.15, 0.2) is 0 Å². The summed E-state index contributed by atoms with van der Waals surface area (Å²) in [4.78, 5) is 16.3. The number of urea groups is 1. The Labute approximate surface area is 138 Å². The first-order chi connectivity index (χ1) is 10.7. The van der Waals surface area contributed by atoms with Crippen molar-refractivity contribution in [3.8, 4) is 0 Å². The largest absolute Gasteiger partial charge is 0.338 e. The fraction of sp³-hybridized carbons (Fsp3) is 0.588. The minimum Gasteiger partial charge on any atom is -0.338 e. The number of hydrogen-bond acceptors (Lipinski definition) is 2. The molecular weight excluding hydrogens is 298 g/mol. The highest BCUT2D eigenvalue weighted by Crippen LogP contribution is 2.27. The molecule has 0 spiro atoms. The molecule has 1 aliphatic heterocycles. The van der Waals surface area contributed by atoms with Crippen LogP contribution in [0.25, 0.3) is 0 Å². The van der Waals surface area contributed by atoms with E-state index in [0.717, 1.165) is 44.0 Å². The minimum absolute atomic E-state index is 0.0562. The molecule has 0 bridgehead atoms. The Bertz CT molecular complexity index is 469. The molecule has 1 atom stereocenters. The predicted molar refractivity (Wildman–Crippen MR) is 91.3 cm³/mol. The van der Waals surface area contributed by atoms with E-state index in [-0.39, 0.29) is 6.03 Å². The number of rotatable bonds is 5. The number of benzene rings is 1. The zero-order valence-electron chi connectivity index (χ0n) is 13.5. The lowest BCUT2D eigenvalue weighted by atomic mass is 10.00. The average molecular weight is 324 g/mol. The quantitative estimate of drug-likeness (QED) is 0.899. The van der Waals surface area contributed by atoms with Crippen LogP contribution in [-0.4, -0.2) is 48.6 Å². The molecule has 1 aromatic rings. The number of nitrogens with one attached hydrogen (secondary N) is 1. The van der Waals surface area contributed by atoms with Crippen LogP contribution in [0.2, 0.25) is 5.02 Å². The Hall–Kier alpha value is -1.26. The molecule has 1 saturated heterocycles. The molecule has 22 heavy (non-hydrogen) atoms. The molecule has 2 amide bonds. The maximum Gasteiger partial charge on any atom is 0.317 e. The number of amides is 2. The summed E-state index contributed by atoms with van der Waals surface area (Å²) in [5, 5.41) is 3.65. The maximum atomic E-state index is 11.9. The second-order valence-corrected chi connectivity index (χ2v) is 6.15. The van der Waals surface area contributed by atoms with Crippen LogP contribution in [0.3, 0.4) is 0 Å². The Morgan fingerprint density at radius 2 is 1.82 bits per heavy atom. The van der Waals surface area contributed by atoms with Gasteiger partial charge in [0.2, 0.25) is 0 Å².